The average Bonchev–Trinajstić information content (AvgIpc) is 2.90. The number of anilines is 1. The molecule has 0 aromatic heterocycles. The number of nitrogens with one attached hydrogen (secondary N) is 2. The van der Waals surface area contributed by atoms with Crippen molar-refractivity contribution in [2.75, 3.05) is 50.3 Å². The van der Waals surface area contributed by atoms with Crippen LogP contribution < -0.4 is 14.8 Å². The van der Waals surface area contributed by atoms with Crippen molar-refractivity contribution in [3.05, 3.63) is 59.2 Å². The number of carbonyl (C=O) groups is 1. The summed E-state index contributed by atoms with van der Waals surface area (Å²) in [5.41, 5.74) is 3.91. The van der Waals surface area contributed by atoms with Crippen LogP contribution in [0.25, 0.3) is 0 Å². The molecule has 10 heteroatoms. The Bertz CT molecular complexity index is 1240. The third-order valence-electron chi connectivity index (χ3n) is 7.53. The summed E-state index contributed by atoms with van der Waals surface area (Å²) in [6.45, 7) is 8.16. The predicted octanol–water partition coefficient (Wildman–Crippen LogP) is 2.56. The van der Waals surface area contributed by atoms with Gasteiger partial charge < -0.3 is 20.1 Å². The summed E-state index contributed by atoms with van der Waals surface area (Å²) < 4.78 is 32.8. The minimum atomic E-state index is -3.49. The maximum atomic E-state index is 12.6. The van der Waals surface area contributed by atoms with E-state index in [1.165, 1.54) is 11.1 Å². The van der Waals surface area contributed by atoms with E-state index in [1.807, 2.05) is 6.07 Å². The summed E-state index contributed by atoms with van der Waals surface area (Å²) in [4.78, 5) is 17.2. The van der Waals surface area contributed by atoms with Gasteiger partial charge in [0.15, 0.2) is 6.61 Å². The van der Waals surface area contributed by atoms with Crippen molar-refractivity contribution in [2.24, 2.45) is 0 Å². The van der Waals surface area contributed by atoms with E-state index in [1.54, 1.807) is 18.2 Å². The third-order valence-corrected chi connectivity index (χ3v) is 8.12. The lowest BCUT2D eigenvalue weighted by atomic mass is 9.88. The molecule has 4 rings (SSSR count). The van der Waals surface area contributed by atoms with Crippen LogP contribution in [0.15, 0.2) is 42.5 Å². The number of ether oxygens (including phenoxy) is 1. The van der Waals surface area contributed by atoms with Crippen LogP contribution in [-0.4, -0.2) is 87.0 Å². The Morgan fingerprint density at radius 2 is 1.90 bits per heavy atom. The van der Waals surface area contributed by atoms with Gasteiger partial charge >= 0.3 is 0 Å². The molecule has 3 N–H and O–H groups in total. The van der Waals surface area contributed by atoms with Crippen LogP contribution in [0.1, 0.15) is 49.3 Å². The number of sulfonamides is 1. The Kier molecular flexibility index (Phi) is 9.87. The maximum Gasteiger partial charge on any atom is 0.258 e. The minimum absolute atomic E-state index is 0.0705. The highest BCUT2D eigenvalue weighted by Crippen LogP contribution is 2.39. The number of likely N-dealkylation sites (tertiary alicyclic amines) is 1. The van der Waals surface area contributed by atoms with E-state index in [2.05, 4.69) is 51.9 Å². The van der Waals surface area contributed by atoms with Gasteiger partial charge in [0.25, 0.3) is 5.91 Å². The number of benzene rings is 2. The van der Waals surface area contributed by atoms with Crippen LogP contribution in [-0.2, 0) is 27.8 Å². The molecule has 2 aromatic carbocycles. The quantitative estimate of drug-likeness (QED) is 0.389. The molecule has 0 saturated carbocycles. The topological polar surface area (TPSA) is 111 Å². The second kappa shape index (κ2) is 13.1. The zero-order chi connectivity index (χ0) is 28.0. The van der Waals surface area contributed by atoms with E-state index in [0.717, 1.165) is 57.3 Å². The molecule has 0 radical (unpaired) electrons. The average molecular weight is 559 g/mol. The largest absolute Gasteiger partial charge is 0.483 e. The lowest BCUT2D eigenvalue weighted by Gasteiger charge is -2.36. The van der Waals surface area contributed by atoms with Crippen LogP contribution in [0.3, 0.4) is 0 Å². The van der Waals surface area contributed by atoms with Gasteiger partial charge in [-0.15, -0.1) is 0 Å². The van der Waals surface area contributed by atoms with E-state index in [4.69, 9.17) is 4.74 Å². The Morgan fingerprint density at radius 1 is 1.13 bits per heavy atom. The molecule has 1 amide bonds. The number of β-amino-alcohol motifs (C(OH)–C–C–N with tert-alkyl or cyclic N) is 1. The molecular formula is C29H42N4O5S. The first-order valence-electron chi connectivity index (χ1n) is 13.8. The normalized spacial score (nSPS) is 19.4. The molecule has 39 heavy (non-hydrogen) atoms. The molecule has 0 bridgehead atoms. The number of piperidine rings is 1. The summed E-state index contributed by atoms with van der Waals surface area (Å²) in [5.74, 6) is 0.237. The molecule has 2 heterocycles. The number of aliphatic hydroxyl groups is 1. The fraction of sp³-hybridized carbons (Fsp3) is 0.552. The van der Waals surface area contributed by atoms with Crippen LogP contribution in [0.5, 0.6) is 5.75 Å². The van der Waals surface area contributed by atoms with Gasteiger partial charge in [0, 0.05) is 50.2 Å². The summed E-state index contributed by atoms with van der Waals surface area (Å²) in [6.07, 6.45) is 3.29. The van der Waals surface area contributed by atoms with Crippen molar-refractivity contribution in [1.29, 1.82) is 0 Å². The Morgan fingerprint density at radius 3 is 2.64 bits per heavy atom. The SMILES string of the molecule is CC(C)N1CCCC(c2c(NS(C)(=O)=O)cccc2OCC(=O)NC[C@@H](O)CN2CCc3ccccc3C2)C1. The van der Waals surface area contributed by atoms with Crippen LogP contribution in [0, 0.1) is 0 Å². The molecule has 9 nitrogen and oxygen atoms in total. The number of hydrogen-bond acceptors (Lipinski definition) is 7. The van der Waals surface area contributed by atoms with Crippen molar-refractivity contribution in [2.45, 2.75) is 57.7 Å². The van der Waals surface area contributed by atoms with Gasteiger partial charge in [-0.2, -0.15) is 0 Å². The summed E-state index contributed by atoms with van der Waals surface area (Å²) in [5, 5.41) is 13.3. The first-order chi connectivity index (χ1) is 18.6. The molecular weight excluding hydrogens is 516 g/mol. The van der Waals surface area contributed by atoms with Crippen LogP contribution in [0.2, 0.25) is 0 Å². The highest BCUT2D eigenvalue weighted by atomic mass is 32.2. The first kappa shape index (κ1) is 29.3. The van der Waals surface area contributed by atoms with Gasteiger partial charge in [-0.3, -0.25) is 14.4 Å². The second-order valence-electron chi connectivity index (χ2n) is 11.0. The van der Waals surface area contributed by atoms with Crippen molar-refractivity contribution < 1.29 is 23.1 Å². The highest BCUT2D eigenvalue weighted by Gasteiger charge is 2.28. The predicted molar refractivity (Wildman–Crippen MR) is 154 cm³/mol. The van der Waals surface area contributed by atoms with Crippen molar-refractivity contribution >= 4 is 21.6 Å². The number of amides is 1. The zero-order valence-electron chi connectivity index (χ0n) is 23.2. The summed E-state index contributed by atoms with van der Waals surface area (Å²) in [6, 6.07) is 14.0. The molecule has 0 aliphatic carbocycles. The van der Waals surface area contributed by atoms with E-state index in [0.29, 0.717) is 24.0 Å². The number of rotatable bonds is 11. The Balaban J connectivity index is 1.35. The fourth-order valence-corrected chi connectivity index (χ4v) is 6.17. The molecule has 1 unspecified atom stereocenters. The minimum Gasteiger partial charge on any atom is -0.483 e. The first-order valence-corrected chi connectivity index (χ1v) is 15.7. The van der Waals surface area contributed by atoms with Crippen molar-refractivity contribution in [3.8, 4) is 5.75 Å². The van der Waals surface area contributed by atoms with E-state index in [9.17, 15) is 18.3 Å². The number of hydrogen-bond donors (Lipinski definition) is 3. The van der Waals surface area contributed by atoms with Crippen LogP contribution >= 0.6 is 0 Å². The molecule has 2 aliphatic heterocycles. The molecule has 2 aromatic rings. The number of aliphatic hydroxyl groups excluding tert-OH is 1. The molecule has 2 aliphatic rings. The van der Waals surface area contributed by atoms with Gasteiger partial charge in [0.1, 0.15) is 5.75 Å². The smallest absolute Gasteiger partial charge is 0.258 e. The molecule has 0 spiro atoms. The lowest BCUT2D eigenvalue weighted by molar-refractivity contribution is -0.123. The van der Waals surface area contributed by atoms with Crippen molar-refractivity contribution in [3.63, 3.8) is 0 Å². The molecule has 2 atom stereocenters. The van der Waals surface area contributed by atoms with Gasteiger partial charge in [-0.1, -0.05) is 30.3 Å². The monoisotopic (exact) mass is 558 g/mol. The van der Waals surface area contributed by atoms with Crippen LogP contribution in [0.4, 0.5) is 5.69 Å². The van der Waals surface area contributed by atoms with Gasteiger partial charge in [-0.05, 0) is 62.9 Å². The fourth-order valence-electron chi connectivity index (χ4n) is 5.59. The lowest BCUT2D eigenvalue weighted by Crippen LogP contribution is -2.43. The third kappa shape index (κ3) is 8.41. The van der Waals surface area contributed by atoms with Gasteiger partial charge in [0.05, 0.1) is 18.0 Å². The van der Waals surface area contributed by atoms with E-state index in [-0.39, 0.29) is 25.0 Å². The Labute approximate surface area is 232 Å². The van der Waals surface area contributed by atoms with E-state index >= 15 is 0 Å². The molecule has 1 fully saturated rings. The number of nitrogens with zero attached hydrogens (tertiary/aromatic N) is 2. The summed E-state index contributed by atoms with van der Waals surface area (Å²) >= 11 is 0. The van der Waals surface area contributed by atoms with E-state index < -0.39 is 16.1 Å². The molecule has 214 valence electrons. The highest BCUT2D eigenvalue weighted by molar-refractivity contribution is 7.92. The number of carbonyl (C=O) groups excluding carboxylic acids is 1. The summed E-state index contributed by atoms with van der Waals surface area (Å²) in [7, 11) is -3.49. The van der Waals surface area contributed by atoms with Crippen molar-refractivity contribution in [1.82, 2.24) is 15.1 Å². The van der Waals surface area contributed by atoms with Gasteiger partial charge in [-0.25, -0.2) is 8.42 Å². The Hall–Kier alpha value is -2.66. The molecule has 1 saturated heterocycles. The second-order valence-corrected chi connectivity index (χ2v) is 12.8. The van der Waals surface area contributed by atoms with Gasteiger partial charge in [0.2, 0.25) is 10.0 Å². The number of fused-ring (bicyclic) bond motifs is 1. The standard InChI is InChI=1S/C29H42N4O5S/c1-21(2)33-14-7-10-24(18-33)29-26(31-39(3,36)37)11-6-12-27(29)38-20-28(35)30-16-25(34)19-32-15-13-22-8-4-5-9-23(22)17-32/h4-6,8-9,11-12,21,24-25,31,34H,7,10,13-20H2,1-3H3,(H,30,35)/t24?,25-/m1/s1. The zero-order valence-corrected chi connectivity index (χ0v) is 24.0. The maximum absolute atomic E-state index is 12.6.